The van der Waals surface area contributed by atoms with Crippen LogP contribution >= 0.6 is 0 Å². The van der Waals surface area contributed by atoms with Crippen molar-refractivity contribution in [2.75, 3.05) is 0 Å². The topological polar surface area (TPSA) is 118 Å². The number of fused-ring (bicyclic) bond motifs is 9. The number of esters is 3. The van der Waals surface area contributed by atoms with Crippen LogP contribution in [0.3, 0.4) is 0 Å². The Hall–Kier alpha value is -8.04. The zero-order valence-corrected chi connectivity index (χ0v) is 29.9. The molecule has 0 atom stereocenters. The highest BCUT2D eigenvalue weighted by Gasteiger charge is 2.21. The molecule has 0 amide bonds. The summed E-state index contributed by atoms with van der Waals surface area (Å²) in [4.78, 5) is 55.0. The molecule has 57 heavy (non-hydrogen) atoms. The van der Waals surface area contributed by atoms with E-state index in [1.807, 2.05) is 109 Å². The van der Waals surface area contributed by atoms with E-state index in [1.54, 1.807) is 18.2 Å². The third-order valence-corrected chi connectivity index (χ3v) is 9.92. The van der Waals surface area contributed by atoms with Gasteiger partial charge in [-0.3, -0.25) is 15.0 Å². The maximum atomic E-state index is 13.8. The first-order valence-electron chi connectivity index (χ1n) is 18.1. The van der Waals surface area contributed by atoms with Crippen LogP contribution in [0.1, 0.15) is 31.1 Å². The molecule has 0 aliphatic rings. The first-order chi connectivity index (χ1) is 27.9. The molecular weight excluding hydrogens is 715 g/mol. The van der Waals surface area contributed by atoms with Gasteiger partial charge in [-0.1, -0.05) is 109 Å². The average molecular weight is 742 g/mol. The fraction of sp³-hybridized carbons (Fsp3) is 0. The molecule has 10 rings (SSSR count). The van der Waals surface area contributed by atoms with Crippen molar-refractivity contribution in [3.05, 3.63) is 181 Å². The fourth-order valence-electron chi connectivity index (χ4n) is 7.20. The standard InChI is InChI=1S/C48H27N3O6/c52-46(55-37-22-31-16-13-28-7-1-4-10-40(28)43(31)49-25-37)34-19-35(47(53)56-38-23-32-17-14-29-8-2-5-11-41(29)44(32)50-26-38)21-36(20-34)48(54)57-39-24-33-18-15-30-9-3-6-12-42(30)45(33)51-27-39/h1-27H. The number of carbonyl (C=O) groups excluding carboxylic acids is 3. The van der Waals surface area contributed by atoms with Gasteiger partial charge in [-0.15, -0.1) is 0 Å². The molecule has 7 aromatic carbocycles. The average Bonchev–Trinajstić information content (AvgIpc) is 3.25. The molecule has 0 fully saturated rings. The number of nitrogens with zero attached hydrogens (tertiary/aromatic N) is 3. The molecule has 3 aromatic heterocycles. The molecule has 0 radical (unpaired) electrons. The summed E-state index contributed by atoms with van der Waals surface area (Å²) in [7, 11) is 0. The van der Waals surface area contributed by atoms with Crippen LogP contribution in [0.2, 0.25) is 0 Å². The van der Waals surface area contributed by atoms with Gasteiger partial charge in [0.1, 0.15) is 17.2 Å². The van der Waals surface area contributed by atoms with Gasteiger partial charge in [0, 0.05) is 32.3 Å². The Morgan fingerprint density at radius 1 is 0.333 bits per heavy atom. The van der Waals surface area contributed by atoms with E-state index in [0.717, 1.165) is 65.0 Å². The molecule has 9 heteroatoms. The maximum absolute atomic E-state index is 13.8. The molecule has 270 valence electrons. The van der Waals surface area contributed by atoms with Crippen molar-refractivity contribution in [2.24, 2.45) is 0 Å². The summed E-state index contributed by atoms with van der Waals surface area (Å²) in [5.74, 6) is -1.91. The highest BCUT2D eigenvalue weighted by atomic mass is 16.5. The third-order valence-electron chi connectivity index (χ3n) is 9.92. The lowest BCUT2D eigenvalue weighted by Crippen LogP contribution is -2.17. The van der Waals surface area contributed by atoms with Crippen molar-refractivity contribution in [2.45, 2.75) is 0 Å². The number of ether oxygens (including phenoxy) is 3. The monoisotopic (exact) mass is 741 g/mol. The normalized spacial score (nSPS) is 11.4. The van der Waals surface area contributed by atoms with Crippen molar-refractivity contribution >= 4 is 82.9 Å². The predicted molar refractivity (Wildman–Crippen MR) is 219 cm³/mol. The lowest BCUT2D eigenvalue weighted by atomic mass is 10.0. The SMILES string of the molecule is O=C(Oc1cnc2c(ccc3ccccc32)c1)c1cc(C(=O)Oc2cnc3c(ccc4ccccc43)c2)cc(C(=O)Oc2cnc3c(ccc4ccccc43)c2)c1. The van der Waals surface area contributed by atoms with Crippen LogP contribution in [-0.2, 0) is 0 Å². The molecule has 0 N–H and O–H groups in total. The Morgan fingerprint density at radius 3 is 0.930 bits per heavy atom. The Labute approximate surface area is 323 Å². The highest BCUT2D eigenvalue weighted by molar-refractivity contribution is 6.08. The molecule has 9 nitrogen and oxygen atoms in total. The second kappa shape index (κ2) is 13.7. The molecule has 0 aliphatic heterocycles. The van der Waals surface area contributed by atoms with Crippen LogP contribution in [0.25, 0.3) is 65.0 Å². The lowest BCUT2D eigenvalue weighted by molar-refractivity contribution is 0.0734. The van der Waals surface area contributed by atoms with E-state index < -0.39 is 17.9 Å². The number of pyridine rings is 3. The molecular formula is C48H27N3O6. The lowest BCUT2D eigenvalue weighted by Gasteiger charge is -2.11. The first kappa shape index (κ1) is 33.5. The second-order valence-corrected chi connectivity index (χ2v) is 13.6. The van der Waals surface area contributed by atoms with Crippen LogP contribution in [0, 0.1) is 0 Å². The van der Waals surface area contributed by atoms with E-state index >= 15 is 0 Å². The van der Waals surface area contributed by atoms with Gasteiger partial charge < -0.3 is 14.2 Å². The quantitative estimate of drug-likeness (QED) is 0.121. The number of hydrogen-bond acceptors (Lipinski definition) is 9. The van der Waals surface area contributed by atoms with Crippen LogP contribution in [-0.4, -0.2) is 32.9 Å². The van der Waals surface area contributed by atoms with Crippen LogP contribution in [0.5, 0.6) is 17.2 Å². The molecule has 0 unspecified atom stereocenters. The van der Waals surface area contributed by atoms with Gasteiger partial charge in [-0.05, 0) is 52.6 Å². The molecule has 0 bridgehead atoms. The molecule has 0 saturated carbocycles. The summed E-state index contributed by atoms with van der Waals surface area (Å²) in [5.41, 5.74) is 2.03. The first-order valence-corrected chi connectivity index (χ1v) is 18.1. The largest absolute Gasteiger partial charge is 0.421 e. The van der Waals surface area contributed by atoms with Gasteiger partial charge >= 0.3 is 17.9 Å². The number of hydrogen-bond donors (Lipinski definition) is 0. The Morgan fingerprint density at radius 2 is 0.614 bits per heavy atom. The minimum atomic E-state index is -0.820. The zero-order chi connectivity index (χ0) is 38.5. The van der Waals surface area contributed by atoms with Gasteiger partial charge in [0.15, 0.2) is 0 Å². The van der Waals surface area contributed by atoms with Gasteiger partial charge in [-0.25, -0.2) is 14.4 Å². The number of carbonyl (C=O) groups is 3. The van der Waals surface area contributed by atoms with Crippen LogP contribution in [0.4, 0.5) is 0 Å². The minimum absolute atomic E-state index is 0.0822. The van der Waals surface area contributed by atoms with Crippen LogP contribution < -0.4 is 14.2 Å². The Bertz CT molecular complexity index is 2950. The van der Waals surface area contributed by atoms with Crippen molar-refractivity contribution < 1.29 is 28.6 Å². The smallest absolute Gasteiger partial charge is 0.343 e. The third kappa shape index (κ3) is 6.29. The van der Waals surface area contributed by atoms with Crippen molar-refractivity contribution in [1.29, 1.82) is 0 Å². The number of benzene rings is 7. The van der Waals surface area contributed by atoms with E-state index in [0.29, 0.717) is 0 Å². The van der Waals surface area contributed by atoms with Gasteiger partial charge in [0.25, 0.3) is 0 Å². The fourth-order valence-corrected chi connectivity index (χ4v) is 7.20. The van der Waals surface area contributed by atoms with Gasteiger partial charge in [0.05, 0.1) is 51.8 Å². The second-order valence-electron chi connectivity index (χ2n) is 13.6. The summed E-state index contributed by atoms with van der Waals surface area (Å²) in [6.45, 7) is 0. The Balaban J connectivity index is 0.978. The molecule has 3 heterocycles. The summed E-state index contributed by atoms with van der Waals surface area (Å²) < 4.78 is 17.3. The van der Waals surface area contributed by atoms with Crippen molar-refractivity contribution in [1.82, 2.24) is 15.0 Å². The van der Waals surface area contributed by atoms with E-state index in [2.05, 4.69) is 15.0 Å². The Kier molecular flexibility index (Phi) is 8.04. The summed E-state index contributed by atoms with van der Waals surface area (Å²) >= 11 is 0. The van der Waals surface area contributed by atoms with Gasteiger partial charge in [-0.2, -0.15) is 0 Å². The maximum Gasteiger partial charge on any atom is 0.343 e. The molecule has 0 spiro atoms. The molecule has 10 aromatic rings. The number of rotatable bonds is 6. The van der Waals surface area contributed by atoms with E-state index in [-0.39, 0.29) is 33.9 Å². The van der Waals surface area contributed by atoms with E-state index in [9.17, 15) is 14.4 Å². The van der Waals surface area contributed by atoms with E-state index in [4.69, 9.17) is 14.2 Å². The van der Waals surface area contributed by atoms with Gasteiger partial charge in [0.2, 0.25) is 0 Å². The van der Waals surface area contributed by atoms with Crippen molar-refractivity contribution in [3.63, 3.8) is 0 Å². The summed E-state index contributed by atoms with van der Waals surface area (Å²) in [6.07, 6.45) is 4.39. The molecule has 0 aliphatic carbocycles. The summed E-state index contributed by atoms with van der Waals surface area (Å²) in [5, 5.41) is 8.31. The van der Waals surface area contributed by atoms with Crippen molar-refractivity contribution in [3.8, 4) is 17.2 Å². The zero-order valence-electron chi connectivity index (χ0n) is 29.9. The van der Waals surface area contributed by atoms with E-state index in [1.165, 1.54) is 36.8 Å². The number of aromatic nitrogens is 3. The molecule has 0 saturated heterocycles. The van der Waals surface area contributed by atoms with Crippen LogP contribution in [0.15, 0.2) is 164 Å². The minimum Gasteiger partial charge on any atom is -0.421 e. The summed E-state index contributed by atoms with van der Waals surface area (Å²) in [6, 6.07) is 44.3. The predicted octanol–water partition coefficient (Wildman–Crippen LogP) is 10.4. The highest BCUT2D eigenvalue weighted by Crippen LogP contribution is 2.30.